The molecule has 132 valence electrons. The number of likely N-dealkylation sites (N-methyl/N-ethyl adjacent to an activating group) is 1. The van der Waals surface area contributed by atoms with Gasteiger partial charge in [0.1, 0.15) is 5.75 Å². The van der Waals surface area contributed by atoms with Crippen molar-refractivity contribution >= 4 is 29.9 Å². The predicted molar refractivity (Wildman–Crippen MR) is 94.7 cm³/mol. The Balaban J connectivity index is 0.00000208. The minimum absolute atomic E-state index is 0. The van der Waals surface area contributed by atoms with E-state index in [1.165, 1.54) is 0 Å². The third kappa shape index (κ3) is 3.65. The SMILES string of the molecule is COc1ccc(N2CC(C(=O)N(C)C3CCNC3)CC2=O)cc1.Cl. The zero-order valence-electron chi connectivity index (χ0n) is 14.0. The minimum atomic E-state index is -0.254. The highest BCUT2D eigenvalue weighted by molar-refractivity contribution is 6.00. The quantitative estimate of drug-likeness (QED) is 0.886. The van der Waals surface area contributed by atoms with Gasteiger partial charge in [-0.2, -0.15) is 0 Å². The molecule has 7 heteroatoms. The van der Waals surface area contributed by atoms with Gasteiger partial charge in [0.25, 0.3) is 0 Å². The number of halogens is 1. The van der Waals surface area contributed by atoms with E-state index in [1.54, 1.807) is 12.0 Å². The summed E-state index contributed by atoms with van der Waals surface area (Å²) in [6.45, 7) is 2.24. The van der Waals surface area contributed by atoms with E-state index in [9.17, 15) is 9.59 Å². The van der Waals surface area contributed by atoms with Gasteiger partial charge in [-0.25, -0.2) is 0 Å². The Morgan fingerprint density at radius 3 is 2.62 bits per heavy atom. The number of amides is 2. The highest BCUT2D eigenvalue weighted by atomic mass is 35.5. The molecule has 1 aromatic rings. The van der Waals surface area contributed by atoms with Gasteiger partial charge in [0.2, 0.25) is 11.8 Å². The molecule has 2 atom stereocenters. The number of benzene rings is 1. The van der Waals surface area contributed by atoms with Gasteiger partial charge in [-0.1, -0.05) is 0 Å². The molecule has 0 bridgehead atoms. The van der Waals surface area contributed by atoms with Crippen LogP contribution in [-0.4, -0.2) is 56.5 Å². The number of carbonyl (C=O) groups excluding carboxylic acids is 2. The molecule has 24 heavy (non-hydrogen) atoms. The van der Waals surface area contributed by atoms with Gasteiger partial charge < -0.3 is 19.9 Å². The van der Waals surface area contributed by atoms with Crippen LogP contribution in [0, 0.1) is 5.92 Å². The average molecular weight is 354 g/mol. The van der Waals surface area contributed by atoms with E-state index >= 15 is 0 Å². The summed E-state index contributed by atoms with van der Waals surface area (Å²) >= 11 is 0. The van der Waals surface area contributed by atoms with Gasteiger partial charge in [0.05, 0.1) is 13.0 Å². The van der Waals surface area contributed by atoms with Gasteiger partial charge in [-0.15, -0.1) is 12.4 Å². The van der Waals surface area contributed by atoms with E-state index in [2.05, 4.69) is 5.32 Å². The van der Waals surface area contributed by atoms with Crippen LogP contribution >= 0.6 is 12.4 Å². The molecule has 2 amide bonds. The van der Waals surface area contributed by atoms with Crippen molar-refractivity contribution < 1.29 is 14.3 Å². The lowest BCUT2D eigenvalue weighted by atomic mass is 10.1. The Labute approximate surface area is 148 Å². The molecular formula is C17H24ClN3O3. The molecule has 1 aromatic carbocycles. The van der Waals surface area contributed by atoms with Crippen LogP contribution < -0.4 is 15.0 Å². The van der Waals surface area contributed by atoms with Gasteiger partial charge in [-0.3, -0.25) is 9.59 Å². The summed E-state index contributed by atoms with van der Waals surface area (Å²) in [4.78, 5) is 28.5. The molecule has 0 spiro atoms. The lowest BCUT2D eigenvalue weighted by Gasteiger charge is -2.26. The maximum atomic E-state index is 12.7. The normalized spacial score (nSPS) is 23.1. The molecule has 6 nitrogen and oxygen atoms in total. The monoisotopic (exact) mass is 353 g/mol. The van der Waals surface area contributed by atoms with Crippen LogP contribution in [0.1, 0.15) is 12.8 Å². The molecule has 0 aliphatic carbocycles. The van der Waals surface area contributed by atoms with Crippen LogP contribution in [0.2, 0.25) is 0 Å². The second kappa shape index (κ2) is 7.85. The molecule has 2 fully saturated rings. The van der Waals surface area contributed by atoms with Crippen LogP contribution in [0.25, 0.3) is 0 Å². The fourth-order valence-corrected chi connectivity index (χ4v) is 3.32. The predicted octanol–water partition coefficient (Wildman–Crippen LogP) is 1.29. The fourth-order valence-electron chi connectivity index (χ4n) is 3.32. The maximum absolute atomic E-state index is 12.7. The van der Waals surface area contributed by atoms with Crippen molar-refractivity contribution in [1.29, 1.82) is 0 Å². The number of hydrogen-bond acceptors (Lipinski definition) is 4. The van der Waals surface area contributed by atoms with Crippen molar-refractivity contribution in [3.8, 4) is 5.75 Å². The zero-order chi connectivity index (χ0) is 16.4. The van der Waals surface area contributed by atoms with Crippen molar-refractivity contribution in [2.24, 2.45) is 5.92 Å². The largest absolute Gasteiger partial charge is 0.497 e. The Bertz CT molecular complexity index is 587. The zero-order valence-corrected chi connectivity index (χ0v) is 14.8. The number of hydrogen-bond donors (Lipinski definition) is 1. The van der Waals surface area contributed by atoms with Gasteiger partial charge in [0.15, 0.2) is 0 Å². The average Bonchev–Trinajstić information content (AvgIpc) is 3.23. The number of nitrogens with zero attached hydrogens (tertiary/aromatic N) is 2. The standard InChI is InChI=1S/C17H23N3O3.ClH/c1-19(14-7-8-18-10-14)17(22)12-9-16(21)20(11-12)13-3-5-15(23-2)6-4-13;/h3-6,12,14,18H,7-11H2,1-2H3;1H. The van der Waals surface area contributed by atoms with E-state index in [1.807, 2.05) is 36.2 Å². The fraction of sp³-hybridized carbons (Fsp3) is 0.529. The van der Waals surface area contributed by atoms with Crippen LogP contribution in [0.5, 0.6) is 5.75 Å². The summed E-state index contributed by atoms with van der Waals surface area (Å²) in [5, 5.41) is 3.27. The summed E-state index contributed by atoms with van der Waals surface area (Å²) in [6.07, 6.45) is 1.26. The van der Waals surface area contributed by atoms with E-state index in [-0.39, 0.29) is 42.6 Å². The molecule has 3 rings (SSSR count). The van der Waals surface area contributed by atoms with Gasteiger partial charge >= 0.3 is 0 Å². The van der Waals surface area contributed by atoms with Crippen molar-refractivity contribution in [1.82, 2.24) is 10.2 Å². The number of methoxy groups -OCH3 is 1. The molecule has 2 saturated heterocycles. The Kier molecular flexibility index (Phi) is 6.07. The third-order valence-electron chi connectivity index (χ3n) is 4.79. The molecule has 0 saturated carbocycles. The smallest absolute Gasteiger partial charge is 0.228 e. The van der Waals surface area contributed by atoms with Crippen LogP contribution in [-0.2, 0) is 9.59 Å². The second-order valence-electron chi connectivity index (χ2n) is 6.20. The molecular weight excluding hydrogens is 330 g/mol. The van der Waals surface area contributed by atoms with E-state index in [0.717, 1.165) is 30.9 Å². The van der Waals surface area contributed by atoms with Gasteiger partial charge in [0, 0.05) is 38.3 Å². The van der Waals surface area contributed by atoms with E-state index in [4.69, 9.17) is 4.74 Å². The molecule has 0 aromatic heterocycles. The van der Waals surface area contributed by atoms with Crippen molar-refractivity contribution in [3.05, 3.63) is 24.3 Å². The van der Waals surface area contributed by atoms with Crippen LogP contribution in [0.15, 0.2) is 24.3 Å². The van der Waals surface area contributed by atoms with Crippen molar-refractivity contribution in [2.75, 3.05) is 38.7 Å². The number of nitrogens with one attached hydrogen (secondary N) is 1. The number of anilines is 1. The second-order valence-corrected chi connectivity index (χ2v) is 6.20. The molecule has 2 aliphatic rings. The maximum Gasteiger partial charge on any atom is 0.228 e. The first-order valence-corrected chi connectivity index (χ1v) is 8.02. The molecule has 2 unspecified atom stereocenters. The Hall–Kier alpha value is -1.79. The highest BCUT2D eigenvalue weighted by Gasteiger charge is 2.38. The summed E-state index contributed by atoms with van der Waals surface area (Å²) in [7, 11) is 3.46. The van der Waals surface area contributed by atoms with Crippen LogP contribution in [0.3, 0.4) is 0 Å². The summed E-state index contributed by atoms with van der Waals surface area (Å²) in [5.41, 5.74) is 0.816. The topological polar surface area (TPSA) is 61.9 Å². The first-order valence-electron chi connectivity index (χ1n) is 8.02. The van der Waals surface area contributed by atoms with Gasteiger partial charge in [-0.05, 0) is 37.2 Å². The molecule has 2 aliphatic heterocycles. The lowest BCUT2D eigenvalue weighted by Crippen LogP contribution is -2.42. The Morgan fingerprint density at radius 2 is 2.04 bits per heavy atom. The first kappa shape index (κ1) is 18.5. The number of carbonyl (C=O) groups is 2. The molecule has 2 heterocycles. The van der Waals surface area contributed by atoms with E-state index in [0.29, 0.717) is 6.54 Å². The Morgan fingerprint density at radius 1 is 1.33 bits per heavy atom. The lowest BCUT2D eigenvalue weighted by molar-refractivity contribution is -0.136. The van der Waals surface area contributed by atoms with Crippen LogP contribution in [0.4, 0.5) is 5.69 Å². The third-order valence-corrected chi connectivity index (χ3v) is 4.79. The minimum Gasteiger partial charge on any atom is -0.497 e. The summed E-state index contributed by atoms with van der Waals surface area (Å²) in [6, 6.07) is 7.61. The number of rotatable bonds is 4. The molecule has 0 radical (unpaired) electrons. The summed E-state index contributed by atoms with van der Waals surface area (Å²) < 4.78 is 5.14. The first-order chi connectivity index (χ1) is 11.1. The number of ether oxygens (including phenoxy) is 1. The summed E-state index contributed by atoms with van der Waals surface area (Å²) in [5.74, 6) is 0.575. The van der Waals surface area contributed by atoms with Crippen molar-refractivity contribution in [2.45, 2.75) is 18.9 Å². The van der Waals surface area contributed by atoms with Crippen molar-refractivity contribution in [3.63, 3.8) is 0 Å². The van der Waals surface area contributed by atoms with E-state index < -0.39 is 0 Å². The highest BCUT2D eigenvalue weighted by Crippen LogP contribution is 2.28. The molecule has 1 N–H and O–H groups in total.